The summed E-state index contributed by atoms with van der Waals surface area (Å²) in [6.45, 7) is 6.71. The zero-order valence-electron chi connectivity index (χ0n) is 15.3. The fourth-order valence-corrected chi connectivity index (χ4v) is 4.42. The maximum atomic E-state index is 12.8. The monoisotopic (exact) mass is 422 g/mol. The number of H-pyrrole nitrogens is 1. The van der Waals surface area contributed by atoms with E-state index in [9.17, 15) is 4.79 Å². The van der Waals surface area contributed by atoms with Gasteiger partial charge in [-0.15, -0.1) is 11.3 Å². The molecular formula is C19H20Cl2N4OS. The number of imidazole rings is 1. The van der Waals surface area contributed by atoms with Gasteiger partial charge in [-0.1, -0.05) is 30.1 Å². The van der Waals surface area contributed by atoms with Crippen molar-refractivity contribution in [2.24, 2.45) is 0 Å². The number of aromatic nitrogens is 3. The highest BCUT2D eigenvalue weighted by atomic mass is 35.5. The Morgan fingerprint density at radius 3 is 2.78 bits per heavy atom. The number of nitrogens with one attached hydrogen (secondary N) is 1. The van der Waals surface area contributed by atoms with Crippen molar-refractivity contribution >= 4 is 45.5 Å². The fourth-order valence-electron chi connectivity index (χ4n) is 2.89. The first kappa shape index (κ1) is 19.9. The number of aromatic amines is 1. The number of carbonyl (C=O) groups excluding carboxylic acids is 1. The quantitative estimate of drug-likeness (QED) is 0.500. The molecule has 0 bridgehead atoms. The average molecular weight is 423 g/mol. The second-order valence-corrected chi connectivity index (χ2v) is 8.25. The lowest BCUT2D eigenvalue weighted by Crippen LogP contribution is -2.39. The minimum Gasteiger partial charge on any atom is -0.342 e. The van der Waals surface area contributed by atoms with Crippen LogP contribution in [0.25, 0.3) is 11.3 Å². The molecule has 3 rings (SSSR count). The van der Waals surface area contributed by atoms with Gasteiger partial charge in [0, 0.05) is 22.0 Å². The van der Waals surface area contributed by atoms with Crippen LogP contribution in [0, 0.1) is 6.92 Å². The van der Waals surface area contributed by atoms with Gasteiger partial charge in [-0.2, -0.15) is 0 Å². The number of halogens is 2. The van der Waals surface area contributed by atoms with Gasteiger partial charge in [0.15, 0.2) is 5.13 Å². The summed E-state index contributed by atoms with van der Waals surface area (Å²) in [5.41, 5.74) is 2.15. The number of hydrogen-bond acceptors (Lipinski definition) is 5. The zero-order valence-corrected chi connectivity index (χ0v) is 17.6. The van der Waals surface area contributed by atoms with Crippen LogP contribution in [0.1, 0.15) is 35.6 Å². The van der Waals surface area contributed by atoms with Crippen LogP contribution in [-0.2, 0) is 0 Å². The van der Waals surface area contributed by atoms with Crippen LogP contribution in [-0.4, -0.2) is 33.3 Å². The van der Waals surface area contributed by atoms with Crippen molar-refractivity contribution in [1.29, 1.82) is 0 Å². The lowest BCUT2D eigenvalue weighted by atomic mass is 10.1. The maximum absolute atomic E-state index is 12.8. The highest BCUT2D eigenvalue weighted by Gasteiger charge is 2.26. The number of hydrogen-bond donors (Lipinski definition) is 1. The molecule has 0 radical (unpaired) electrons. The van der Waals surface area contributed by atoms with Crippen molar-refractivity contribution in [3.63, 3.8) is 0 Å². The molecule has 0 aliphatic heterocycles. The van der Waals surface area contributed by atoms with Crippen LogP contribution < -0.4 is 4.90 Å². The molecule has 1 N–H and O–H groups in total. The molecule has 3 aromatic rings. The Kier molecular flexibility index (Phi) is 6.19. The van der Waals surface area contributed by atoms with Crippen molar-refractivity contribution < 1.29 is 4.79 Å². The van der Waals surface area contributed by atoms with E-state index < -0.39 is 0 Å². The Morgan fingerprint density at radius 2 is 2.15 bits per heavy atom. The van der Waals surface area contributed by atoms with Gasteiger partial charge in [0.05, 0.1) is 29.3 Å². The predicted molar refractivity (Wildman–Crippen MR) is 112 cm³/mol. The molecule has 8 heteroatoms. The van der Waals surface area contributed by atoms with E-state index in [-0.39, 0.29) is 11.8 Å². The highest BCUT2D eigenvalue weighted by Crippen LogP contribution is 2.37. The molecule has 1 unspecified atom stereocenters. The zero-order chi connectivity index (χ0) is 19.6. The van der Waals surface area contributed by atoms with Crippen molar-refractivity contribution in [1.82, 2.24) is 15.0 Å². The molecule has 0 saturated carbocycles. The van der Waals surface area contributed by atoms with Crippen LogP contribution in [0.15, 0.2) is 30.7 Å². The van der Waals surface area contributed by atoms with Gasteiger partial charge in [-0.3, -0.25) is 4.79 Å². The van der Waals surface area contributed by atoms with Crippen molar-refractivity contribution in [3.8, 4) is 11.3 Å². The van der Waals surface area contributed by atoms with E-state index in [1.807, 2.05) is 24.8 Å². The second-order valence-electron chi connectivity index (χ2n) is 6.22. The lowest BCUT2D eigenvalue weighted by Gasteiger charge is -2.27. The largest absolute Gasteiger partial charge is 0.342 e. The lowest BCUT2D eigenvalue weighted by molar-refractivity contribution is 0.0959. The summed E-state index contributed by atoms with van der Waals surface area (Å²) >= 11 is 13.9. The summed E-state index contributed by atoms with van der Waals surface area (Å²) in [4.78, 5) is 27.5. The molecule has 2 heterocycles. The smallest absolute Gasteiger partial charge is 0.202 e. The third-order valence-corrected chi connectivity index (χ3v) is 5.85. The van der Waals surface area contributed by atoms with Crippen LogP contribution in [0.3, 0.4) is 0 Å². The third-order valence-electron chi connectivity index (χ3n) is 4.29. The Morgan fingerprint density at radius 1 is 1.37 bits per heavy atom. The molecule has 2 aromatic heterocycles. The van der Waals surface area contributed by atoms with E-state index in [0.717, 1.165) is 34.2 Å². The average Bonchev–Trinajstić information content (AvgIpc) is 3.29. The van der Waals surface area contributed by atoms with Crippen LogP contribution >= 0.6 is 34.5 Å². The minimum absolute atomic E-state index is 0.0140. The number of nitrogens with zero attached hydrogens (tertiary/aromatic N) is 3. The SMILES string of the molecule is CCCN(c1nc(-c2ccc(Cl)cc2Cl)c(C)s1)C(C)C(=O)c1cnc[nH]1. The summed E-state index contributed by atoms with van der Waals surface area (Å²) in [5.74, 6) is -0.0140. The summed E-state index contributed by atoms with van der Waals surface area (Å²) in [6, 6.07) is 5.03. The maximum Gasteiger partial charge on any atom is 0.202 e. The molecule has 0 saturated heterocycles. The van der Waals surface area contributed by atoms with Gasteiger partial charge in [0.2, 0.25) is 5.78 Å². The Balaban J connectivity index is 1.96. The molecule has 5 nitrogen and oxygen atoms in total. The van der Waals surface area contributed by atoms with Crippen LogP contribution in [0.5, 0.6) is 0 Å². The number of thiazole rings is 1. The molecule has 0 fully saturated rings. The summed E-state index contributed by atoms with van der Waals surface area (Å²) < 4.78 is 0. The van der Waals surface area contributed by atoms with E-state index in [0.29, 0.717) is 15.7 Å². The number of ketones is 1. The van der Waals surface area contributed by atoms with E-state index in [1.165, 1.54) is 6.33 Å². The second kappa shape index (κ2) is 8.42. The van der Waals surface area contributed by atoms with Crippen LogP contribution in [0.2, 0.25) is 10.0 Å². The van der Waals surface area contributed by atoms with E-state index in [1.54, 1.807) is 29.7 Å². The first-order valence-electron chi connectivity index (χ1n) is 8.64. The van der Waals surface area contributed by atoms with Gasteiger partial charge >= 0.3 is 0 Å². The number of rotatable bonds is 7. The third kappa shape index (κ3) is 4.18. The molecule has 0 spiro atoms. The van der Waals surface area contributed by atoms with Gasteiger partial charge in [-0.05, 0) is 38.5 Å². The Bertz CT molecular complexity index is 939. The molecular weight excluding hydrogens is 403 g/mol. The van der Waals surface area contributed by atoms with Crippen LogP contribution in [0.4, 0.5) is 5.13 Å². The first-order valence-corrected chi connectivity index (χ1v) is 10.2. The summed E-state index contributed by atoms with van der Waals surface area (Å²) in [6.07, 6.45) is 3.96. The van der Waals surface area contributed by atoms with Gasteiger partial charge in [-0.25, -0.2) is 9.97 Å². The Labute approximate surface area is 172 Å². The molecule has 1 aromatic carbocycles. The van der Waals surface area contributed by atoms with Gasteiger partial charge < -0.3 is 9.88 Å². The molecule has 0 amide bonds. The number of aryl methyl sites for hydroxylation is 1. The first-order chi connectivity index (χ1) is 12.9. The van der Waals surface area contributed by atoms with E-state index in [4.69, 9.17) is 28.2 Å². The number of benzene rings is 1. The van der Waals surface area contributed by atoms with E-state index in [2.05, 4.69) is 16.9 Å². The number of carbonyl (C=O) groups is 1. The fraction of sp³-hybridized carbons (Fsp3) is 0.316. The molecule has 142 valence electrons. The van der Waals surface area contributed by atoms with E-state index >= 15 is 0 Å². The Hall–Kier alpha value is -1.89. The molecule has 1 atom stereocenters. The van der Waals surface area contributed by atoms with Crippen molar-refractivity contribution in [2.75, 3.05) is 11.4 Å². The molecule has 0 aliphatic carbocycles. The standard InChI is InChI=1S/C19H20Cl2N4OS/c1-4-7-25(11(2)18(26)16-9-22-10-23-16)19-24-17(12(3)27-19)14-6-5-13(20)8-15(14)21/h5-6,8-11H,4,7H2,1-3H3,(H,22,23). The highest BCUT2D eigenvalue weighted by molar-refractivity contribution is 7.16. The van der Waals surface area contributed by atoms with Crippen molar-refractivity contribution in [2.45, 2.75) is 33.2 Å². The van der Waals surface area contributed by atoms with Crippen molar-refractivity contribution in [3.05, 3.63) is 51.3 Å². The predicted octanol–water partition coefficient (Wildman–Crippen LogP) is 5.64. The summed E-state index contributed by atoms with van der Waals surface area (Å²) in [7, 11) is 0. The normalized spacial score (nSPS) is 12.2. The van der Waals surface area contributed by atoms with Gasteiger partial charge in [0.1, 0.15) is 5.69 Å². The topological polar surface area (TPSA) is 61.9 Å². The van der Waals surface area contributed by atoms with Gasteiger partial charge in [0.25, 0.3) is 0 Å². The number of anilines is 1. The minimum atomic E-state index is -0.357. The molecule has 0 aliphatic rings. The molecule has 27 heavy (non-hydrogen) atoms. The number of Topliss-reactive ketones (excluding diaryl/α,β-unsaturated/α-hetero) is 1. The summed E-state index contributed by atoms with van der Waals surface area (Å²) in [5, 5.41) is 1.95.